The zero-order chi connectivity index (χ0) is 13.0. The number of esters is 1. The van der Waals surface area contributed by atoms with E-state index in [9.17, 15) is 19.5 Å². The maximum atomic E-state index is 11.6. The van der Waals surface area contributed by atoms with Crippen LogP contribution in [0.3, 0.4) is 0 Å². The highest BCUT2D eigenvalue weighted by Crippen LogP contribution is 2.59. The van der Waals surface area contributed by atoms with Gasteiger partial charge in [-0.15, -0.1) is 0 Å². The summed E-state index contributed by atoms with van der Waals surface area (Å²) in [6.45, 7) is 0. The Kier molecular flexibility index (Phi) is 2.36. The molecule has 18 heavy (non-hydrogen) atoms. The third-order valence-corrected chi connectivity index (χ3v) is 4.73. The van der Waals surface area contributed by atoms with Crippen molar-refractivity contribution in [1.29, 1.82) is 0 Å². The Morgan fingerprint density at radius 3 is 2.67 bits per heavy atom. The maximum Gasteiger partial charge on any atom is 0.309 e. The fraction of sp³-hybridized carbons (Fsp3) is 0.750. The van der Waals surface area contributed by atoms with Crippen molar-refractivity contribution in [1.82, 2.24) is 0 Å². The molecule has 0 aromatic carbocycles. The summed E-state index contributed by atoms with van der Waals surface area (Å²) >= 11 is 0. The minimum absolute atomic E-state index is 0.0736. The molecular formula is C12H14O6. The van der Waals surface area contributed by atoms with E-state index in [-0.39, 0.29) is 35.7 Å². The van der Waals surface area contributed by atoms with Crippen LogP contribution in [0.2, 0.25) is 0 Å². The van der Waals surface area contributed by atoms with E-state index in [1.54, 1.807) is 0 Å². The zero-order valence-electron chi connectivity index (χ0n) is 9.61. The van der Waals surface area contributed by atoms with E-state index in [0.29, 0.717) is 6.42 Å². The third kappa shape index (κ3) is 1.44. The number of ether oxygens (including phenoxy) is 1. The van der Waals surface area contributed by atoms with E-state index in [1.165, 1.54) is 0 Å². The molecule has 0 spiro atoms. The lowest BCUT2D eigenvalue weighted by Gasteiger charge is -2.29. The van der Waals surface area contributed by atoms with E-state index in [4.69, 9.17) is 9.84 Å². The Hall–Kier alpha value is -1.59. The van der Waals surface area contributed by atoms with Gasteiger partial charge in [-0.25, -0.2) is 0 Å². The first-order valence-corrected chi connectivity index (χ1v) is 6.14. The van der Waals surface area contributed by atoms with E-state index < -0.39 is 24.3 Å². The zero-order valence-corrected chi connectivity index (χ0v) is 9.61. The van der Waals surface area contributed by atoms with E-state index in [1.807, 2.05) is 0 Å². The number of carboxylic acid groups (broad SMARTS) is 2. The molecule has 3 fully saturated rings. The van der Waals surface area contributed by atoms with Crippen LogP contribution in [-0.2, 0) is 19.1 Å². The predicted octanol–water partition coefficient (Wildman–Crippen LogP) is 0.359. The molecule has 6 heteroatoms. The molecule has 0 radical (unpaired) electrons. The van der Waals surface area contributed by atoms with Crippen molar-refractivity contribution < 1.29 is 29.3 Å². The molecular weight excluding hydrogens is 240 g/mol. The summed E-state index contributed by atoms with van der Waals surface area (Å²) < 4.78 is 5.27. The standard InChI is InChI=1S/C12H14O6/c13-8(14)3-7(11(15)16)9-4-1-5-6(2-4)12(17)18-10(5)9/h4-7,9-10H,1-3H2,(H,13,14)(H,15,16). The minimum atomic E-state index is -1.12. The smallest absolute Gasteiger partial charge is 0.309 e. The Morgan fingerprint density at radius 2 is 2.06 bits per heavy atom. The van der Waals surface area contributed by atoms with Crippen molar-refractivity contribution in [3.63, 3.8) is 0 Å². The number of hydrogen-bond acceptors (Lipinski definition) is 4. The lowest BCUT2D eigenvalue weighted by Crippen LogP contribution is -2.37. The summed E-state index contributed by atoms with van der Waals surface area (Å²) in [5.74, 6) is -3.56. The van der Waals surface area contributed by atoms with Gasteiger partial charge in [-0.2, -0.15) is 0 Å². The third-order valence-electron chi connectivity index (χ3n) is 4.73. The van der Waals surface area contributed by atoms with Crippen molar-refractivity contribution in [2.24, 2.45) is 29.6 Å². The topological polar surface area (TPSA) is 101 Å². The van der Waals surface area contributed by atoms with E-state index in [0.717, 1.165) is 6.42 Å². The van der Waals surface area contributed by atoms with Crippen molar-refractivity contribution in [3.05, 3.63) is 0 Å². The number of hydrogen-bond donors (Lipinski definition) is 2. The van der Waals surface area contributed by atoms with Crippen molar-refractivity contribution in [2.45, 2.75) is 25.4 Å². The second-order valence-electron chi connectivity index (χ2n) is 5.52. The molecule has 0 aromatic heterocycles. The second-order valence-corrected chi connectivity index (χ2v) is 5.52. The highest BCUT2D eigenvalue weighted by atomic mass is 16.6. The number of fused-ring (bicyclic) bond motifs is 1. The van der Waals surface area contributed by atoms with Gasteiger partial charge in [0.05, 0.1) is 18.3 Å². The number of carbonyl (C=O) groups is 3. The Balaban J connectivity index is 1.86. The monoisotopic (exact) mass is 254 g/mol. The quantitative estimate of drug-likeness (QED) is 0.702. The van der Waals surface area contributed by atoms with Gasteiger partial charge in [0.1, 0.15) is 6.10 Å². The lowest BCUT2D eigenvalue weighted by molar-refractivity contribution is -0.155. The van der Waals surface area contributed by atoms with Crippen LogP contribution in [0.4, 0.5) is 0 Å². The molecule has 3 aliphatic rings. The summed E-state index contributed by atoms with van der Waals surface area (Å²) in [6.07, 6.45) is 0.687. The summed E-state index contributed by atoms with van der Waals surface area (Å²) in [5.41, 5.74) is 0. The molecule has 98 valence electrons. The van der Waals surface area contributed by atoms with Crippen LogP contribution in [0.15, 0.2) is 0 Å². The van der Waals surface area contributed by atoms with E-state index >= 15 is 0 Å². The number of rotatable bonds is 4. The Bertz CT molecular complexity index is 430. The molecule has 6 atom stereocenters. The molecule has 0 aromatic rings. The first kappa shape index (κ1) is 11.5. The van der Waals surface area contributed by atoms with Gasteiger partial charge < -0.3 is 14.9 Å². The van der Waals surface area contributed by atoms with Crippen molar-refractivity contribution in [3.8, 4) is 0 Å². The second kappa shape index (κ2) is 3.70. The molecule has 2 aliphatic carbocycles. The van der Waals surface area contributed by atoms with Crippen LogP contribution in [0.25, 0.3) is 0 Å². The molecule has 6 unspecified atom stereocenters. The lowest BCUT2D eigenvalue weighted by atomic mass is 9.74. The SMILES string of the molecule is O=C(O)CC(C(=O)O)C1C2CC3C(=O)OC1C3C2. The average molecular weight is 254 g/mol. The van der Waals surface area contributed by atoms with Gasteiger partial charge in [-0.1, -0.05) is 0 Å². The molecule has 1 aliphatic heterocycles. The fourth-order valence-electron chi connectivity index (χ4n) is 4.13. The minimum Gasteiger partial charge on any atom is -0.481 e. The highest BCUT2D eigenvalue weighted by Gasteiger charge is 2.64. The molecule has 6 nitrogen and oxygen atoms in total. The summed E-state index contributed by atoms with van der Waals surface area (Å²) in [4.78, 5) is 33.6. The van der Waals surface area contributed by atoms with Crippen LogP contribution in [0, 0.1) is 29.6 Å². The Labute approximate surface area is 103 Å². The molecule has 3 rings (SSSR count). The predicted molar refractivity (Wildman–Crippen MR) is 56.5 cm³/mol. The maximum absolute atomic E-state index is 11.6. The molecule has 2 saturated carbocycles. The van der Waals surface area contributed by atoms with Gasteiger partial charge >= 0.3 is 17.9 Å². The van der Waals surface area contributed by atoms with Crippen molar-refractivity contribution >= 4 is 17.9 Å². The van der Waals surface area contributed by atoms with Gasteiger partial charge in [0, 0.05) is 11.8 Å². The first-order chi connectivity index (χ1) is 8.49. The summed E-state index contributed by atoms with van der Waals surface area (Å²) in [5, 5.41) is 18.0. The highest BCUT2D eigenvalue weighted by molar-refractivity contribution is 5.80. The normalized spacial score (nSPS) is 41.8. The van der Waals surface area contributed by atoms with Gasteiger partial charge in [0.25, 0.3) is 0 Å². The van der Waals surface area contributed by atoms with Crippen LogP contribution in [0.1, 0.15) is 19.3 Å². The number of carbonyl (C=O) groups excluding carboxylic acids is 1. The summed E-state index contributed by atoms with van der Waals surface area (Å²) in [7, 11) is 0. The van der Waals surface area contributed by atoms with Crippen LogP contribution >= 0.6 is 0 Å². The van der Waals surface area contributed by atoms with Crippen LogP contribution < -0.4 is 0 Å². The fourth-order valence-corrected chi connectivity index (χ4v) is 4.13. The first-order valence-electron chi connectivity index (χ1n) is 6.14. The number of aliphatic carboxylic acids is 2. The van der Waals surface area contributed by atoms with Crippen molar-refractivity contribution in [2.75, 3.05) is 0 Å². The molecule has 2 N–H and O–H groups in total. The van der Waals surface area contributed by atoms with Gasteiger partial charge in [0.2, 0.25) is 0 Å². The summed E-state index contributed by atoms with van der Waals surface area (Å²) in [6, 6.07) is 0. The Morgan fingerprint density at radius 1 is 1.33 bits per heavy atom. The molecule has 1 saturated heterocycles. The molecule has 2 bridgehead atoms. The van der Waals surface area contributed by atoms with E-state index in [2.05, 4.69) is 0 Å². The number of carboxylic acids is 2. The molecule has 0 amide bonds. The van der Waals surface area contributed by atoms with Crippen LogP contribution in [0.5, 0.6) is 0 Å². The van der Waals surface area contributed by atoms with Gasteiger partial charge in [-0.3, -0.25) is 14.4 Å². The van der Waals surface area contributed by atoms with Gasteiger partial charge in [0.15, 0.2) is 0 Å². The van der Waals surface area contributed by atoms with Gasteiger partial charge in [-0.05, 0) is 18.8 Å². The largest absolute Gasteiger partial charge is 0.481 e. The average Bonchev–Trinajstić information content (AvgIpc) is 2.86. The van der Waals surface area contributed by atoms with Crippen LogP contribution in [-0.4, -0.2) is 34.2 Å². The molecule has 1 heterocycles.